The van der Waals surface area contributed by atoms with Gasteiger partial charge in [-0.1, -0.05) is 5.16 Å². The molecule has 3 heterocycles. The molecule has 1 amide bonds. The number of aromatic amines is 1. The normalized spacial score (nSPS) is 20.6. The Hall–Kier alpha value is -2.44. The van der Waals surface area contributed by atoms with Gasteiger partial charge in [-0.2, -0.15) is 0 Å². The number of hydrogen-bond donors (Lipinski definition) is 1. The van der Waals surface area contributed by atoms with Crippen molar-refractivity contribution in [3.05, 3.63) is 45.0 Å². The van der Waals surface area contributed by atoms with Gasteiger partial charge in [0.25, 0.3) is 11.5 Å². The second-order valence-electron chi connectivity index (χ2n) is 6.68. The lowest BCUT2D eigenvalue weighted by molar-refractivity contribution is 0.0732. The lowest BCUT2D eigenvalue weighted by Gasteiger charge is -2.24. The molecule has 2 aliphatic rings. The summed E-state index contributed by atoms with van der Waals surface area (Å²) in [5.41, 5.74) is 1.52. The first-order valence-corrected chi connectivity index (χ1v) is 8.39. The predicted molar refractivity (Wildman–Crippen MR) is 85.8 cm³/mol. The highest BCUT2D eigenvalue weighted by molar-refractivity contribution is 5.94. The largest absolute Gasteiger partial charge is 0.361 e. The average molecular weight is 328 g/mol. The monoisotopic (exact) mass is 328 g/mol. The van der Waals surface area contributed by atoms with Crippen molar-refractivity contribution < 1.29 is 9.32 Å². The number of likely N-dealkylation sites (tertiary alicyclic amines) is 1. The van der Waals surface area contributed by atoms with Crippen molar-refractivity contribution in [1.82, 2.24) is 20.0 Å². The maximum absolute atomic E-state index is 12.9. The molecule has 0 aromatic carbocycles. The molecule has 24 heavy (non-hydrogen) atoms. The number of carbonyl (C=O) groups is 1. The van der Waals surface area contributed by atoms with E-state index in [1.807, 2.05) is 13.8 Å². The fraction of sp³-hybridized carbons (Fsp3) is 0.529. The first-order valence-electron chi connectivity index (χ1n) is 8.39. The van der Waals surface area contributed by atoms with Crippen molar-refractivity contribution >= 4 is 5.91 Å². The number of nitrogens with one attached hydrogen (secondary N) is 1. The number of aryl methyl sites for hydroxylation is 2. The van der Waals surface area contributed by atoms with Crippen LogP contribution in [0.15, 0.2) is 15.5 Å². The summed E-state index contributed by atoms with van der Waals surface area (Å²) in [5.74, 6) is 1.51. The van der Waals surface area contributed by atoms with Gasteiger partial charge in [0.2, 0.25) is 0 Å². The number of carbonyl (C=O) groups excluding carboxylic acids is 1. The topological polar surface area (TPSA) is 92.1 Å². The predicted octanol–water partition coefficient (Wildman–Crippen LogP) is 2.23. The average Bonchev–Trinajstić information content (AvgIpc) is 3.22. The van der Waals surface area contributed by atoms with Gasteiger partial charge in [0.1, 0.15) is 17.1 Å². The molecule has 1 N–H and O–H groups in total. The summed E-state index contributed by atoms with van der Waals surface area (Å²) in [7, 11) is 0. The summed E-state index contributed by atoms with van der Waals surface area (Å²) < 4.78 is 5.25. The second kappa shape index (κ2) is 5.58. The zero-order valence-corrected chi connectivity index (χ0v) is 13.8. The van der Waals surface area contributed by atoms with Crippen LogP contribution < -0.4 is 5.56 Å². The van der Waals surface area contributed by atoms with Crippen LogP contribution in [0.1, 0.15) is 70.8 Å². The first-order chi connectivity index (χ1) is 11.6. The molecule has 4 rings (SSSR count). The lowest BCUT2D eigenvalue weighted by atomic mass is 10.0. The standard InChI is InChI=1S/C17H20N4O3/c1-9-14(10(2)24-20-9)13-4-3-7-21(13)17(23)12-8-18-15(11-5-6-11)19-16(12)22/h8,11,13H,3-7H2,1-2H3,(H,18,19,22)/t13-/m1/s1. The van der Waals surface area contributed by atoms with Crippen LogP contribution in [0.25, 0.3) is 0 Å². The van der Waals surface area contributed by atoms with Gasteiger partial charge in [-0.25, -0.2) is 4.98 Å². The summed E-state index contributed by atoms with van der Waals surface area (Å²) in [6.07, 6.45) is 5.27. The van der Waals surface area contributed by atoms with E-state index in [9.17, 15) is 9.59 Å². The number of rotatable bonds is 3. The van der Waals surface area contributed by atoms with Crippen molar-refractivity contribution in [3.8, 4) is 0 Å². The Labute approximate surface area is 139 Å². The Kier molecular flexibility index (Phi) is 3.51. The van der Waals surface area contributed by atoms with Crippen molar-refractivity contribution in [2.24, 2.45) is 0 Å². The van der Waals surface area contributed by atoms with E-state index >= 15 is 0 Å². The second-order valence-corrected chi connectivity index (χ2v) is 6.68. The number of nitrogens with zero attached hydrogens (tertiary/aromatic N) is 3. The Morgan fingerprint density at radius 2 is 2.12 bits per heavy atom. The van der Waals surface area contributed by atoms with Crippen LogP contribution in [0, 0.1) is 13.8 Å². The molecule has 7 heteroatoms. The fourth-order valence-corrected chi connectivity index (χ4v) is 3.56. The highest BCUT2D eigenvalue weighted by Gasteiger charge is 2.35. The SMILES string of the molecule is Cc1noc(C)c1[C@H]1CCCN1C(=O)c1cnc(C2CC2)[nH]c1=O. The van der Waals surface area contributed by atoms with Crippen LogP contribution in [-0.4, -0.2) is 32.5 Å². The summed E-state index contributed by atoms with van der Waals surface area (Å²) in [6, 6.07) is -0.0914. The van der Waals surface area contributed by atoms with E-state index < -0.39 is 0 Å². The zero-order valence-electron chi connectivity index (χ0n) is 13.8. The van der Waals surface area contributed by atoms with Gasteiger partial charge in [-0.3, -0.25) is 9.59 Å². The van der Waals surface area contributed by atoms with Crippen molar-refractivity contribution in [2.45, 2.75) is 51.5 Å². The van der Waals surface area contributed by atoms with E-state index in [2.05, 4.69) is 15.1 Å². The molecule has 1 aliphatic heterocycles. The molecule has 1 saturated heterocycles. The van der Waals surface area contributed by atoms with Crippen LogP contribution in [0.5, 0.6) is 0 Å². The molecule has 0 unspecified atom stereocenters. The molecule has 0 spiro atoms. The molecular weight excluding hydrogens is 308 g/mol. The molecule has 7 nitrogen and oxygen atoms in total. The summed E-state index contributed by atoms with van der Waals surface area (Å²) in [6.45, 7) is 4.36. The number of aromatic nitrogens is 3. The van der Waals surface area contributed by atoms with Gasteiger partial charge in [0, 0.05) is 24.2 Å². The minimum absolute atomic E-state index is 0.0914. The van der Waals surface area contributed by atoms with Crippen molar-refractivity contribution in [3.63, 3.8) is 0 Å². The molecule has 0 bridgehead atoms. The smallest absolute Gasteiger partial charge is 0.263 e. The molecule has 1 atom stereocenters. The highest BCUT2D eigenvalue weighted by Crippen LogP contribution is 2.38. The molecular formula is C17H20N4O3. The third-order valence-corrected chi connectivity index (χ3v) is 4.95. The van der Waals surface area contributed by atoms with Gasteiger partial charge in [-0.15, -0.1) is 0 Å². The molecule has 2 aromatic heterocycles. The maximum atomic E-state index is 12.9. The van der Waals surface area contributed by atoms with Crippen LogP contribution >= 0.6 is 0 Å². The van der Waals surface area contributed by atoms with E-state index in [0.29, 0.717) is 18.3 Å². The fourth-order valence-electron chi connectivity index (χ4n) is 3.56. The van der Waals surface area contributed by atoms with Gasteiger partial charge < -0.3 is 14.4 Å². The van der Waals surface area contributed by atoms with E-state index in [1.54, 1.807) is 4.90 Å². The Balaban J connectivity index is 1.65. The van der Waals surface area contributed by atoms with Gasteiger partial charge in [0.15, 0.2) is 0 Å². The van der Waals surface area contributed by atoms with E-state index in [0.717, 1.165) is 42.7 Å². The molecule has 1 aliphatic carbocycles. The quantitative estimate of drug-likeness (QED) is 0.933. The number of hydrogen-bond acceptors (Lipinski definition) is 5. The van der Waals surface area contributed by atoms with Crippen LogP contribution in [0.3, 0.4) is 0 Å². The number of amides is 1. The van der Waals surface area contributed by atoms with Gasteiger partial charge >= 0.3 is 0 Å². The number of H-pyrrole nitrogens is 1. The van der Waals surface area contributed by atoms with Crippen LogP contribution in [0.2, 0.25) is 0 Å². The third-order valence-electron chi connectivity index (χ3n) is 4.95. The molecule has 1 saturated carbocycles. The van der Waals surface area contributed by atoms with Crippen LogP contribution in [-0.2, 0) is 0 Å². The molecule has 126 valence electrons. The van der Waals surface area contributed by atoms with E-state index in [4.69, 9.17) is 4.52 Å². The van der Waals surface area contributed by atoms with Gasteiger partial charge in [-0.05, 0) is 39.5 Å². The maximum Gasteiger partial charge on any atom is 0.263 e. The van der Waals surface area contributed by atoms with E-state index in [1.165, 1.54) is 6.20 Å². The molecule has 0 radical (unpaired) electrons. The van der Waals surface area contributed by atoms with Crippen molar-refractivity contribution in [1.29, 1.82) is 0 Å². The lowest BCUT2D eigenvalue weighted by Crippen LogP contribution is -2.35. The summed E-state index contributed by atoms with van der Waals surface area (Å²) in [4.78, 5) is 34.0. The molecule has 2 fully saturated rings. The molecule has 2 aromatic rings. The third kappa shape index (κ3) is 2.44. The Morgan fingerprint density at radius 1 is 1.33 bits per heavy atom. The zero-order chi connectivity index (χ0) is 16.8. The summed E-state index contributed by atoms with van der Waals surface area (Å²) >= 11 is 0. The Morgan fingerprint density at radius 3 is 2.75 bits per heavy atom. The first kappa shape index (κ1) is 15.1. The summed E-state index contributed by atoms with van der Waals surface area (Å²) in [5, 5.41) is 3.99. The highest BCUT2D eigenvalue weighted by atomic mass is 16.5. The van der Waals surface area contributed by atoms with Gasteiger partial charge in [0.05, 0.1) is 11.7 Å². The minimum Gasteiger partial charge on any atom is -0.361 e. The van der Waals surface area contributed by atoms with Crippen LogP contribution in [0.4, 0.5) is 0 Å². The van der Waals surface area contributed by atoms with Crippen molar-refractivity contribution in [2.75, 3.05) is 6.54 Å². The minimum atomic E-state index is -0.346. The van der Waals surface area contributed by atoms with E-state index in [-0.39, 0.29) is 23.1 Å². The Bertz CT molecular complexity index is 830.